The first kappa shape index (κ1) is 22.3. The highest BCUT2D eigenvalue weighted by Gasteiger charge is 2.29. The van der Waals surface area contributed by atoms with E-state index in [4.69, 9.17) is 14.2 Å². The summed E-state index contributed by atoms with van der Waals surface area (Å²) in [5.74, 6) is 1.48. The first-order chi connectivity index (χ1) is 14.9. The fraction of sp³-hybridized carbons (Fsp3) is 0.286. The van der Waals surface area contributed by atoms with Crippen LogP contribution < -0.4 is 24.8 Å². The Labute approximate surface area is 184 Å². The largest absolute Gasteiger partial charge is 0.493 e. The molecule has 4 amide bonds. The van der Waals surface area contributed by atoms with Gasteiger partial charge in [-0.1, -0.05) is 23.9 Å². The first-order valence-corrected chi connectivity index (χ1v) is 10.3. The lowest BCUT2D eigenvalue weighted by atomic mass is 10.1. The maximum absolute atomic E-state index is 12.3. The molecule has 2 aromatic rings. The van der Waals surface area contributed by atoms with Crippen molar-refractivity contribution in [2.75, 3.05) is 32.4 Å². The van der Waals surface area contributed by atoms with Gasteiger partial charge in [-0.25, -0.2) is 4.79 Å². The van der Waals surface area contributed by atoms with Crippen molar-refractivity contribution < 1.29 is 28.6 Å². The van der Waals surface area contributed by atoms with Crippen LogP contribution in [0.3, 0.4) is 0 Å². The van der Waals surface area contributed by atoms with Gasteiger partial charge in [-0.15, -0.1) is 0 Å². The van der Waals surface area contributed by atoms with E-state index in [1.807, 2.05) is 0 Å². The Hall–Kier alpha value is -3.40. The fourth-order valence-corrected chi connectivity index (χ4v) is 3.73. The molecule has 0 spiro atoms. The van der Waals surface area contributed by atoms with E-state index in [0.717, 1.165) is 22.9 Å². The van der Waals surface area contributed by atoms with Crippen molar-refractivity contribution in [2.24, 2.45) is 0 Å². The van der Waals surface area contributed by atoms with Crippen molar-refractivity contribution in [2.45, 2.75) is 13.1 Å². The van der Waals surface area contributed by atoms with E-state index in [1.54, 1.807) is 36.4 Å². The van der Waals surface area contributed by atoms with Gasteiger partial charge in [0.2, 0.25) is 11.7 Å². The van der Waals surface area contributed by atoms with Crippen LogP contribution in [-0.4, -0.2) is 49.2 Å². The average molecular weight is 445 g/mol. The van der Waals surface area contributed by atoms with Gasteiger partial charge in [-0.3, -0.25) is 14.5 Å². The lowest BCUT2D eigenvalue weighted by Crippen LogP contribution is -2.28. The second-order valence-corrected chi connectivity index (χ2v) is 7.50. The number of benzene rings is 2. The van der Waals surface area contributed by atoms with E-state index in [2.05, 4.69) is 10.6 Å². The van der Waals surface area contributed by atoms with E-state index in [-0.39, 0.29) is 36.0 Å². The normalized spacial score (nSPS) is 13.2. The Morgan fingerprint density at radius 2 is 1.65 bits per heavy atom. The number of thioether (sulfide) groups is 1. The smallest absolute Gasteiger partial charge is 0.319 e. The number of carbonyl (C=O) groups excluding carboxylic acids is 3. The molecule has 31 heavy (non-hydrogen) atoms. The van der Waals surface area contributed by atoms with Crippen LogP contribution >= 0.6 is 11.8 Å². The SMILES string of the molecule is COc1cc(CNC(=O)Nc2ccc(CN3C(=O)CSC3=O)cc2)cc(OC)c1OC. The van der Waals surface area contributed by atoms with Gasteiger partial charge in [0.25, 0.3) is 5.24 Å². The summed E-state index contributed by atoms with van der Waals surface area (Å²) in [7, 11) is 4.58. The van der Waals surface area contributed by atoms with Crippen LogP contribution in [0, 0.1) is 0 Å². The molecule has 164 valence electrons. The molecule has 1 fully saturated rings. The van der Waals surface area contributed by atoms with Crippen molar-refractivity contribution in [1.82, 2.24) is 10.2 Å². The molecule has 2 aromatic carbocycles. The molecule has 1 heterocycles. The van der Waals surface area contributed by atoms with Crippen LogP contribution in [0.5, 0.6) is 17.2 Å². The number of ether oxygens (including phenoxy) is 3. The highest BCUT2D eigenvalue weighted by Crippen LogP contribution is 2.38. The predicted molar refractivity (Wildman–Crippen MR) is 117 cm³/mol. The number of hydrogen-bond donors (Lipinski definition) is 2. The molecule has 0 radical (unpaired) electrons. The van der Waals surface area contributed by atoms with Gasteiger partial charge < -0.3 is 24.8 Å². The van der Waals surface area contributed by atoms with Crippen molar-refractivity contribution >= 4 is 34.6 Å². The monoisotopic (exact) mass is 445 g/mol. The summed E-state index contributed by atoms with van der Waals surface area (Å²) < 4.78 is 15.9. The second kappa shape index (κ2) is 10.1. The first-order valence-electron chi connectivity index (χ1n) is 9.35. The van der Waals surface area contributed by atoms with Crippen LogP contribution in [0.2, 0.25) is 0 Å². The van der Waals surface area contributed by atoms with E-state index in [0.29, 0.717) is 22.9 Å². The fourth-order valence-electron chi connectivity index (χ4n) is 3.00. The molecule has 1 aliphatic heterocycles. The van der Waals surface area contributed by atoms with E-state index in [9.17, 15) is 14.4 Å². The molecule has 2 N–H and O–H groups in total. The standard InChI is InChI=1S/C21H23N3O6S/c1-28-16-8-14(9-17(29-2)19(16)30-3)10-22-20(26)23-15-6-4-13(5-7-15)11-24-18(25)12-31-21(24)27/h4-9H,10-12H2,1-3H3,(H2,22,23,26). The Kier molecular flexibility index (Phi) is 7.24. The average Bonchev–Trinajstić information content (AvgIpc) is 3.10. The zero-order valence-electron chi connectivity index (χ0n) is 17.4. The van der Waals surface area contributed by atoms with Gasteiger partial charge in [-0.2, -0.15) is 0 Å². The van der Waals surface area contributed by atoms with E-state index >= 15 is 0 Å². The molecule has 0 unspecified atom stereocenters. The lowest BCUT2D eigenvalue weighted by Gasteiger charge is -2.15. The number of anilines is 1. The quantitative estimate of drug-likeness (QED) is 0.643. The maximum Gasteiger partial charge on any atom is 0.319 e. The number of nitrogens with one attached hydrogen (secondary N) is 2. The van der Waals surface area contributed by atoms with Crippen LogP contribution in [0.15, 0.2) is 36.4 Å². The molecule has 0 aromatic heterocycles. The van der Waals surface area contributed by atoms with Gasteiger partial charge in [-0.05, 0) is 35.4 Å². The highest BCUT2D eigenvalue weighted by atomic mass is 32.2. The number of carbonyl (C=O) groups is 3. The summed E-state index contributed by atoms with van der Waals surface area (Å²) in [5, 5.41) is 5.27. The van der Waals surface area contributed by atoms with Gasteiger partial charge in [0.15, 0.2) is 11.5 Å². The molecule has 9 nitrogen and oxygen atoms in total. The highest BCUT2D eigenvalue weighted by molar-refractivity contribution is 8.14. The van der Waals surface area contributed by atoms with Crippen LogP contribution in [0.1, 0.15) is 11.1 Å². The molecular formula is C21H23N3O6S. The van der Waals surface area contributed by atoms with Crippen LogP contribution in [0.4, 0.5) is 15.3 Å². The van der Waals surface area contributed by atoms with Gasteiger partial charge in [0.05, 0.1) is 33.6 Å². The number of urea groups is 1. The molecule has 0 aliphatic carbocycles. The number of amides is 4. The Morgan fingerprint density at radius 1 is 1.00 bits per heavy atom. The van der Waals surface area contributed by atoms with Crippen molar-refractivity contribution in [3.63, 3.8) is 0 Å². The summed E-state index contributed by atoms with van der Waals surface area (Å²) in [6.45, 7) is 0.468. The number of imide groups is 1. The van der Waals surface area contributed by atoms with Crippen LogP contribution in [-0.2, 0) is 17.9 Å². The molecule has 10 heteroatoms. The summed E-state index contributed by atoms with van der Waals surface area (Å²) in [5.41, 5.74) is 2.16. The third-order valence-corrected chi connectivity index (χ3v) is 5.43. The minimum atomic E-state index is -0.386. The van der Waals surface area contributed by atoms with Crippen molar-refractivity contribution in [3.05, 3.63) is 47.5 Å². The van der Waals surface area contributed by atoms with Crippen molar-refractivity contribution in [3.8, 4) is 17.2 Å². The Balaban J connectivity index is 1.56. The summed E-state index contributed by atoms with van der Waals surface area (Å²) in [4.78, 5) is 36.9. The van der Waals surface area contributed by atoms with E-state index in [1.165, 1.54) is 26.2 Å². The topological polar surface area (TPSA) is 106 Å². The Bertz CT molecular complexity index is 939. The molecule has 3 rings (SSSR count). The van der Waals surface area contributed by atoms with Gasteiger partial charge in [0.1, 0.15) is 0 Å². The molecule has 0 bridgehead atoms. The van der Waals surface area contributed by atoms with Gasteiger partial charge >= 0.3 is 6.03 Å². The maximum atomic E-state index is 12.3. The zero-order valence-corrected chi connectivity index (χ0v) is 18.2. The minimum Gasteiger partial charge on any atom is -0.493 e. The number of hydrogen-bond acceptors (Lipinski definition) is 7. The predicted octanol–water partition coefficient (Wildman–Crippen LogP) is 3.23. The van der Waals surface area contributed by atoms with Gasteiger partial charge in [0, 0.05) is 12.2 Å². The van der Waals surface area contributed by atoms with Crippen molar-refractivity contribution in [1.29, 1.82) is 0 Å². The third-order valence-electron chi connectivity index (χ3n) is 4.57. The summed E-state index contributed by atoms with van der Waals surface area (Å²) >= 11 is 1.00. The molecule has 1 saturated heterocycles. The lowest BCUT2D eigenvalue weighted by molar-refractivity contribution is -0.125. The summed E-state index contributed by atoms with van der Waals surface area (Å²) in [6, 6.07) is 10.1. The molecule has 0 saturated carbocycles. The number of rotatable bonds is 8. The number of methoxy groups -OCH3 is 3. The minimum absolute atomic E-state index is 0.185. The molecule has 1 aliphatic rings. The molecular weight excluding hydrogens is 422 g/mol. The zero-order chi connectivity index (χ0) is 22.4. The number of nitrogens with zero attached hydrogens (tertiary/aromatic N) is 1. The van der Waals surface area contributed by atoms with Crippen LogP contribution in [0.25, 0.3) is 0 Å². The third kappa shape index (κ3) is 5.40. The second-order valence-electron chi connectivity index (χ2n) is 6.57. The summed E-state index contributed by atoms with van der Waals surface area (Å²) in [6.07, 6.45) is 0. The Morgan fingerprint density at radius 3 is 2.16 bits per heavy atom. The molecule has 0 atom stereocenters. The van der Waals surface area contributed by atoms with E-state index < -0.39 is 0 Å².